The molecule has 146 valence electrons. The van der Waals surface area contributed by atoms with Gasteiger partial charge in [0.25, 0.3) is 0 Å². The van der Waals surface area contributed by atoms with Crippen LogP contribution in [0.4, 0.5) is 0 Å². The maximum absolute atomic E-state index is 11.9. The molecule has 2 aliphatic rings. The molecule has 2 heterocycles. The number of aliphatic hydroxyl groups is 1. The van der Waals surface area contributed by atoms with Gasteiger partial charge in [-0.25, -0.2) is 0 Å². The third kappa shape index (κ3) is 4.16. The van der Waals surface area contributed by atoms with Gasteiger partial charge in [0, 0.05) is 32.7 Å². The predicted octanol–water partition coefficient (Wildman–Crippen LogP) is 1.96. The molecule has 0 aliphatic carbocycles. The fourth-order valence-electron chi connectivity index (χ4n) is 4.25. The highest BCUT2D eigenvalue weighted by molar-refractivity contribution is 5.76. The van der Waals surface area contributed by atoms with Gasteiger partial charge in [-0.15, -0.1) is 0 Å². The molecule has 2 aliphatic heterocycles. The molecule has 6 heteroatoms. The van der Waals surface area contributed by atoms with Gasteiger partial charge in [-0.05, 0) is 43.9 Å². The third-order valence-corrected chi connectivity index (χ3v) is 6.05. The van der Waals surface area contributed by atoms with Gasteiger partial charge in [0.15, 0.2) is 0 Å². The first-order chi connectivity index (χ1) is 12.9. The SMILES string of the molecule is CCC(=O)N[C@]1(C)CCOC2(CCN(Cc3ccc(C#N)cc3)CC2)[C@H]1O. The Labute approximate surface area is 161 Å². The van der Waals surface area contributed by atoms with Gasteiger partial charge < -0.3 is 15.2 Å². The summed E-state index contributed by atoms with van der Waals surface area (Å²) >= 11 is 0. The second-order valence-corrected chi connectivity index (χ2v) is 7.97. The van der Waals surface area contributed by atoms with E-state index >= 15 is 0 Å². The van der Waals surface area contributed by atoms with Gasteiger partial charge in [-0.1, -0.05) is 19.1 Å². The number of amides is 1. The van der Waals surface area contributed by atoms with Gasteiger partial charge in [0.2, 0.25) is 5.91 Å². The number of nitriles is 1. The smallest absolute Gasteiger partial charge is 0.220 e. The Morgan fingerprint density at radius 2 is 2.00 bits per heavy atom. The number of hydrogen-bond donors (Lipinski definition) is 2. The van der Waals surface area contributed by atoms with Gasteiger partial charge in [0.1, 0.15) is 6.10 Å². The van der Waals surface area contributed by atoms with Crippen LogP contribution in [0.1, 0.15) is 50.7 Å². The molecule has 1 aromatic carbocycles. The molecule has 1 aromatic rings. The largest absolute Gasteiger partial charge is 0.388 e. The molecule has 1 amide bonds. The van der Waals surface area contributed by atoms with Crippen molar-refractivity contribution in [2.75, 3.05) is 19.7 Å². The lowest BCUT2D eigenvalue weighted by Crippen LogP contribution is -2.69. The summed E-state index contributed by atoms with van der Waals surface area (Å²) in [6.45, 7) is 6.78. The molecule has 0 aromatic heterocycles. The van der Waals surface area contributed by atoms with E-state index in [9.17, 15) is 9.90 Å². The van der Waals surface area contributed by atoms with Gasteiger partial charge in [-0.3, -0.25) is 9.69 Å². The number of aliphatic hydroxyl groups excluding tert-OH is 1. The Hall–Kier alpha value is -1.94. The standard InChI is InChI=1S/C21H29N3O3/c1-3-18(25)23-20(2)10-13-27-21(19(20)26)8-11-24(12-9-21)15-17-6-4-16(14-22)5-7-17/h4-7,19,26H,3,8-13,15H2,1-2H3,(H,23,25)/t19-,20+/m0/s1. The van der Waals surface area contributed by atoms with Crippen LogP contribution in [0.15, 0.2) is 24.3 Å². The molecule has 6 nitrogen and oxygen atoms in total. The summed E-state index contributed by atoms with van der Waals surface area (Å²) < 4.78 is 6.09. The molecule has 0 saturated carbocycles. The van der Waals surface area contributed by atoms with Crippen LogP contribution in [0.5, 0.6) is 0 Å². The van der Waals surface area contributed by atoms with E-state index in [1.165, 1.54) is 5.56 Å². The van der Waals surface area contributed by atoms with E-state index in [4.69, 9.17) is 10.00 Å². The van der Waals surface area contributed by atoms with Crippen molar-refractivity contribution in [3.63, 3.8) is 0 Å². The number of nitrogens with one attached hydrogen (secondary N) is 1. The minimum atomic E-state index is -0.716. The van der Waals surface area contributed by atoms with E-state index in [2.05, 4.69) is 16.3 Å². The fourth-order valence-corrected chi connectivity index (χ4v) is 4.25. The molecular weight excluding hydrogens is 342 g/mol. The number of benzene rings is 1. The molecule has 3 rings (SSSR count). The van der Waals surface area contributed by atoms with Crippen molar-refractivity contribution in [3.8, 4) is 6.07 Å². The van der Waals surface area contributed by atoms with Crippen LogP contribution >= 0.6 is 0 Å². The van der Waals surface area contributed by atoms with Crippen molar-refractivity contribution in [1.82, 2.24) is 10.2 Å². The minimum absolute atomic E-state index is 0.0353. The number of rotatable bonds is 4. The van der Waals surface area contributed by atoms with E-state index in [0.29, 0.717) is 25.0 Å². The molecule has 0 radical (unpaired) electrons. The first-order valence-corrected chi connectivity index (χ1v) is 9.75. The topological polar surface area (TPSA) is 85.6 Å². The molecule has 2 N–H and O–H groups in total. The average Bonchev–Trinajstić information content (AvgIpc) is 2.68. The monoisotopic (exact) mass is 371 g/mol. The average molecular weight is 371 g/mol. The molecule has 2 saturated heterocycles. The lowest BCUT2D eigenvalue weighted by atomic mass is 9.73. The maximum atomic E-state index is 11.9. The third-order valence-electron chi connectivity index (χ3n) is 6.05. The van der Waals surface area contributed by atoms with Crippen LogP contribution in [-0.4, -0.2) is 52.9 Å². The zero-order valence-electron chi connectivity index (χ0n) is 16.2. The zero-order chi connectivity index (χ0) is 19.5. The lowest BCUT2D eigenvalue weighted by molar-refractivity contribution is -0.208. The molecule has 2 fully saturated rings. The summed E-state index contributed by atoms with van der Waals surface area (Å²) in [6.07, 6.45) is 1.79. The van der Waals surface area contributed by atoms with E-state index < -0.39 is 17.2 Å². The highest BCUT2D eigenvalue weighted by atomic mass is 16.5. The van der Waals surface area contributed by atoms with Gasteiger partial charge >= 0.3 is 0 Å². The summed E-state index contributed by atoms with van der Waals surface area (Å²) in [6, 6.07) is 9.81. The van der Waals surface area contributed by atoms with Gasteiger partial charge in [-0.2, -0.15) is 5.26 Å². The summed E-state index contributed by atoms with van der Waals surface area (Å²) in [5.41, 5.74) is 0.620. The van der Waals surface area contributed by atoms with E-state index in [0.717, 1.165) is 32.5 Å². The quantitative estimate of drug-likeness (QED) is 0.845. The predicted molar refractivity (Wildman–Crippen MR) is 102 cm³/mol. The van der Waals surface area contributed by atoms with Crippen molar-refractivity contribution in [1.29, 1.82) is 5.26 Å². The number of carbonyl (C=O) groups excluding carboxylic acids is 1. The summed E-state index contributed by atoms with van der Waals surface area (Å²) in [5, 5.41) is 23.0. The Morgan fingerprint density at radius 3 is 2.59 bits per heavy atom. The maximum Gasteiger partial charge on any atom is 0.220 e. The van der Waals surface area contributed by atoms with Crippen LogP contribution in [0.25, 0.3) is 0 Å². The fraction of sp³-hybridized carbons (Fsp3) is 0.619. The molecule has 27 heavy (non-hydrogen) atoms. The van der Waals surface area contributed by atoms with Crippen LogP contribution in [0, 0.1) is 11.3 Å². The van der Waals surface area contributed by atoms with Crippen LogP contribution in [-0.2, 0) is 16.1 Å². The molecule has 0 bridgehead atoms. The van der Waals surface area contributed by atoms with Crippen molar-refractivity contribution in [3.05, 3.63) is 35.4 Å². The summed E-state index contributed by atoms with van der Waals surface area (Å²) in [4.78, 5) is 14.3. The number of hydrogen-bond acceptors (Lipinski definition) is 5. The van der Waals surface area contributed by atoms with E-state index in [1.54, 1.807) is 0 Å². The molecule has 0 unspecified atom stereocenters. The Morgan fingerprint density at radius 1 is 1.33 bits per heavy atom. The van der Waals surface area contributed by atoms with Crippen molar-refractivity contribution in [2.24, 2.45) is 0 Å². The summed E-state index contributed by atoms with van der Waals surface area (Å²) in [7, 11) is 0. The van der Waals surface area contributed by atoms with Crippen LogP contribution in [0.3, 0.4) is 0 Å². The van der Waals surface area contributed by atoms with Crippen LogP contribution in [0.2, 0.25) is 0 Å². The number of ether oxygens (including phenoxy) is 1. The second kappa shape index (κ2) is 7.97. The first-order valence-electron chi connectivity index (χ1n) is 9.75. The Kier molecular flexibility index (Phi) is 5.85. The highest BCUT2D eigenvalue weighted by Gasteiger charge is 2.53. The van der Waals surface area contributed by atoms with Gasteiger partial charge in [0.05, 0.1) is 22.8 Å². The first kappa shape index (κ1) is 19.8. The summed E-state index contributed by atoms with van der Waals surface area (Å²) in [5.74, 6) is -0.0353. The van der Waals surface area contributed by atoms with E-state index in [-0.39, 0.29) is 5.91 Å². The number of carbonyl (C=O) groups is 1. The van der Waals surface area contributed by atoms with Crippen molar-refractivity contribution < 1.29 is 14.6 Å². The number of likely N-dealkylation sites (tertiary alicyclic amines) is 1. The number of nitrogens with zero attached hydrogens (tertiary/aromatic N) is 2. The lowest BCUT2D eigenvalue weighted by Gasteiger charge is -2.53. The zero-order valence-corrected chi connectivity index (χ0v) is 16.2. The molecular formula is C21H29N3O3. The Balaban J connectivity index is 1.62. The second-order valence-electron chi connectivity index (χ2n) is 7.97. The Bertz CT molecular complexity index is 704. The number of piperidine rings is 1. The van der Waals surface area contributed by atoms with Crippen molar-refractivity contribution in [2.45, 2.75) is 63.3 Å². The minimum Gasteiger partial charge on any atom is -0.388 e. The van der Waals surface area contributed by atoms with E-state index in [1.807, 2.05) is 38.1 Å². The highest BCUT2D eigenvalue weighted by Crippen LogP contribution is 2.40. The molecule has 1 spiro atoms. The molecule has 2 atom stereocenters. The van der Waals surface area contributed by atoms with Crippen molar-refractivity contribution >= 4 is 5.91 Å². The normalized spacial score (nSPS) is 27.9. The van der Waals surface area contributed by atoms with Crippen LogP contribution < -0.4 is 5.32 Å².